The fraction of sp³-hybridized carbons (Fsp3) is 0.127. The third-order valence-electron chi connectivity index (χ3n) is 11.5. The van der Waals surface area contributed by atoms with Gasteiger partial charge in [-0.2, -0.15) is 0 Å². The second-order valence-corrected chi connectivity index (χ2v) is 17.0. The Hall–Kier alpha value is -7.47. The van der Waals surface area contributed by atoms with E-state index in [0.29, 0.717) is 28.3 Å². The van der Waals surface area contributed by atoms with E-state index in [9.17, 15) is 8.78 Å². The average Bonchev–Trinajstić information content (AvgIpc) is 3.81. The van der Waals surface area contributed by atoms with Crippen LogP contribution in [0.1, 0.15) is 53.0 Å². The number of halogens is 2. The predicted octanol–water partition coefficient (Wildman–Crippen LogP) is 14.9. The van der Waals surface area contributed by atoms with Crippen molar-refractivity contribution >= 4 is 50.6 Å². The van der Waals surface area contributed by atoms with Crippen molar-refractivity contribution < 1.29 is 14.9 Å². The molecule has 2 aromatic heterocycles. The van der Waals surface area contributed by atoms with Gasteiger partial charge in [0.15, 0.2) is 0 Å². The summed E-state index contributed by atoms with van der Waals surface area (Å²) in [6, 6.07) is 55.6. The molecule has 0 fully saturated rings. The van der Waals surface area contributed by atoms with Crippen LogP contribution in [0.3, 0.4) is 0 Å². The molecule has 302 valence electrons. The molecule has 0 saturated heterocycles. The lowest BCUT2D eigenvalue weighted by Crippen LogP contribution is -2.12. The first kappa shape index (κ1) is 37.5. The Labute approximate surface area is 361 Å². The van der Waals surface area contributed by atoms with Crippen LogP contribution in [0.15, 0.2) is 170 Å². The van der Waals surface area contributed by atoms with Crippen LogP contribution < -0.4 is 13.9 Å². The normalized spacial score (nSPS) is 12.9. The van der Waals surface area contributed by atoms with Crippen LogP contribution in [0.5, 0.6) is 11.5 Å². The monoisotopic (exact) mass is 815 g/mol. The number of rotatable bonds is 8. The molecule has 0 unspecified atom stereocenters. The van der Waals surface area contributed by atoms with E-state index < -0.39 is 17.5 Å². The van der Waals surface area contributed by atoms with Crippen molar-refractivity contribution in [2.24, 2.45) is 0 Å². The molecule has 7 heteroatoms. The Morgan fingerprint density at radius 2 is 1.26 bits per heavy atom. The maximum Gasteiger partial charge on any atom is 0.503 e. The summed E-state index contributed by atoms with van der Waals surface area (Å²) in [6.45, 7) is 10.4. The van der Waals surface area contributed by atoms with E-state index in [1.807, 2.05) is 120 Å². The Bertz CT molecular complexity index is 3350. The smallest absolute Gasteiger partial charge is 0.457 e. The van der Waals surface area contributed by atoms with E-state index in [-0.39, 0.29) is 5.41 Å². The van der Waals surface area contributed by atoms with Crippen molar-refractivity contribution in [2.75, 3.05) is 0 Å². The van der Waals surface area contributed by atoms with E-state index in [2.05, 4.69) is 85.9 Å². The molecule has 0 aliphatic carbocycles. The third-order valence-corrected chi connectivity index (χ3v) is 11.5. The number of benzene rings is 7. The van der Waals surface area contributed by atoms with Gasteiger partial charge in [-0.05, 0) is 103 Å². The molecule has 62 heavy (non-hydrogen) atoms. The maximum absolute atomic E-state index is 14.6. The quantitative estimate of drug-likeness (QED) is 0.143. The average molecular weight is 816 g/mol. The zero-order chi connectivity index (χ0) is 43.6. The molecular formula is C55H44F2N4O+2. The Kier molecular flexibility index (Phi) is 9.21. The van der Waals surface area contributed by atoms with Gasteiger partial charge in [0.1, 0.15) is 29.0 Å². The molecule has 0 atom stereocenters. The number of ether oxygens (including phenoxy) is 1. The molecule has 7 aromatic carbocycles. The number of pyridine rings is 1. The number of hydrogen-bond acceptors (Lipinski definition) is 2. The topological polar surface area (TPSA) is 33.1 Å². The zero-order valence-corrected chi connectivity index (χ0v) is 35.1. The van der Waals surface area contributed by atoms with Crippen molar-refractivity contribution in [1.82, 2.24) is 18.7 Å². The van der Waals surface area contributed by atoms with E-state index in [4.69, 9.17) is 11.1 Å². The molecule has 0 N–H and O–H groups in total. The molecule has 1 aliphatic heterocycles. The van der Waals surface area contributed by atoms with Gasteiger partial charge in [0, 0.05) is 54.7 Å². The fourth-order valence-corrected chi connectivity index (χ4v) is 8.55. The molecule has 0 spiro atoms. The van der Waals surface area contributed by atoms with Gasteiger partial charge in [0.25, 0.3) is 11.4 Å². The van der Waals surface area contributed by atoms with Crippen LogP contribution in [0.25, 0.3) is 49.9 Å². The van der Waals surface area contributed by atoms with E-state index in [1.165, 1.54) is 17.7 Å². The number of nitrogens with zero attached hydrogens (tertiary/aromatic N) is 4. The number of para-hydroxylation sites is 4. The van der Waals surface area contributed by atoms with Crippen molar-refractivity contribution in [3.05, 3.63) is 193 Å². The third kappa shape index (κ3) is 6.96. The zero-order valence-electron chi connectivity index (χ0n) is 36.1. The second-order valence-electron chi connectivity index (χ2n) is 17.0. The van der Waals surface area contributed by atoms with Gasteiger partial charge in [-0.25, -0.2) is 13.8 Å². The fourth-order valence-electron chi connectivity index (χ4n) is 8.55. The lowest BCUT2D eigenvalue weighted by Gasteiger charge is -2.20. The summed E-state index contributed by atoms with van der Waals surface area (Å²) in [4.78, 5) is 4.87. The maximum atomic E-state index is 14.6. The number of aromatic nitrogens is 2. The predicted molar refractivity (Wildman–Crippen MR) is 249 cm³/mol. The Morgan fingerprint density at radius 1 is 0.613 bits per heavy atom. The summed E-state index contributed by atoms with van der Waals surface area (Å²) in [5.74, 6) is -0.129. The highest BCUT2D eigenvalue weighted by molar-refractivity contribution is 6.09. The van der Waals surface area contributed by atoms with E-state index >= 15 is 0 Å². The number of hydrogen-bond donors (Lipinski definition) is 0. The van der Waals surface area contributed by atoms with Gasteiger partial charge in [-0.1, -0.05) is 101 Å². The van der Waals surface area contributed by atoms with E-state index in [0.717, 1.165) is 67.4 Å². The van der Waals surface area contributed by atoms with Crippen molar-refractivity contribution in [2.45, 2.75) is 45.9 Å². The summed E-state index contributed by atoms with van der Waals surface area (Å²) in [7, 11) is 0. The number of fused-ring (bicyclic) bond motifs is 4. The van der Waals surface area contributed by atoms with Crippen LogP contribution in [0.2, 0.25) is 0 Å². The SMILES string of the molecule is [2H]C(C)(C)c1ccccc1-c1cc(Oc2ccc3c4ccccc4n(-c4cc(C(C)(C)C)ccn4)c3c2)cc([N+]2=C=[N+](c3ccccc3-c3cc(F)cc(F)c3)c3ccccc32)c1. The van der Waals surface area contributed by atoms with Gasteiger partial charge >= 0.3 is 6.01 Å². The van der Waals surface area contributed by atoms with E-state index in [1.54, 1.807) is 0 Å². The van der Waals surface area contributed by atoms with Gasteiger partial charge < -0.3 is 4.74 Å². The van der Waals surface area contributed by atoms with Crippen molar-refractivity contribution in [3.63, 3.8) is 0 Å². The van der Waals surface area contributed by atoms with Gasteiger partial charge in [-0.3, -0.25) is 4.57 Å². The molecule has 0 saturated carbocycles. The largest absolute Gasteiger partial charge is 0.503 e. The van der Waals surface area contributed by atoms with Crippen LogP contribution in [-0.2, 0) is 5.41 Å². The van der Waals surface area contributed by atoms with Crippen LogP contribution in [0, 0.1) is 11.6 Å². The van der Waals surface area contributed by atoms with Gasteiger partial charge in [-0.15, -0.1) is 0 Å². The van der Waals surface area contributed by atoms with Gasteiger partial charge in [0.2, 0.25) is 11.4 Å². The molecule has 1 aliphatic rings. The molecular weight excluding hydrogens is 771 g/mol. The summed E-state index contributed by atoms with van der Waals surface area (Å²) < 4.78 is 51.3. The summed E-state index contributed by atoms with van der Waals surface area (Å²) in [5.41, 5.74) is 10.0. The van der Waals surface area contributed by atoms with Crippen LogP contribution in [0.4, 0.5) is 31.5 Å². The minimum Gasteiger partial charge on any atom is -0.457 e. The van der Waals surface area contributed by atoms with Crippen LogP contribution in [-0.4, -0.2) is 15.6 Å². The molecule has 3 heterocycles. The molecule has 5 nitrogen and oxygen atoms in total. The lowest BCUT2D eigenvalue weighted by molar-refractivity contribution is 0.483. The second kappa shape index (κ2) is 15.2. The molecule has 0 amide bonds. The first-order chi connectivity index (χ1) is 30.3. The summed E-state index contributed by atoms with van der Waals surface area (Å²) in [6.07, 6.45) is 1.88. The lowest BCUT2D eigenvalue weighted by atomic mass is 9.88. The minimum absolute atomic E-state index is 0.0624. The highest BCUT2D eigenvalue weighted by Crippen LogP contribution is 2.43. The van der Waals surface area contributed by atoms with Crippen molar-refractivity contribution in [3.8, 4) is 39.6 Å². The van der Waals surface area contributed by atoms with Crippen LogP contribution >= 0.6 is 0 Å². The highest BCUT2D eigenvalue weighted by atomic mass is 19.1. The molecule has 0 bridgehead atoms. The summed E-state index contributed by atoms with van der Waals surface area (Å²) >= 11 is 0. The minimum atomic E-state index is -0.889. The Morgan fingerprint density at radius 3 is 2.02 bits per heavy atom. The molecule has 0 radical (unpaired) electrons. The van der Waals surface area contributed by atoms with Crippen molar-refractivity contribution in [1.29, 1.82) is 0 Å². The summed E-state index contributed by atoms with van der Waals surface area (Å²) in [5, 5.41) is 2.20. The molecule has 9 aromatic rings. The Balaban J connectivity index is 1.17. The molecule has 10 rings (SSSR count). The first-order valence-corrected chi connectivity index (χ1v) is 20.7. The first-order valence-electron chi connectivity index (χ1n) is 21.2. The standard InChI is InChI=1S/C55H44F2N4O/c1-35(2)44-14-6-7-15-45(44)37-28-41(59-34-60(52-21-13-12-20-51(52)59)49-18-10-8-16-46(49)36-26-39(56)31-40(57)27-36)32-43(29-37)62-42-22-23-48-47-17-9-11-19-50(47)61(53(48)33-42)54-30-38(24-25-58-54)55(3,4)5/h6-33,35H,1-5H3/q+2/i35D. The highest BCUT2D eigenvalue weighted by Gasteiger charge is 2.38. The van der Waals surface area contributed by atoms with Gasteiger partial charge in [0.05, 0.1) is 22.7 Å².